The quantitative estimate of drug-likeness (QED) is 0.748. The maximum atomic E-state index is 9.42. The minimum atomic E-state index is 0.255. The molecule has 2 aromatic rings. The Morgan fingerprint density at radius 2 is 1.32 bits per heavy atom. The van der Waals surface area contributed by atoms with E-state index in [9.17, 15) is 5.11 Å². The molecule has 2 heteroatoms. The van der Waals surface area contributed by atoms with Crippen molar-refractivity contribution in [1.29, 1.82) is 0 Å². The van der Waals surface area contributed by atoms with Crippen molar-refractivity contribution in [1.82, 2.24) is 4.90 Å². The van der Waals surface area contributed by atoms with Crippen LogP contribution < -0.4 is 0 Å². The van der Waals surface area contributed by atoms with Crippen molar-refractivity contribution in [2.75, 3.05) is 6.61 Å². The molecule has 22 heavy (non-hydrogen) atoms. The molecule has 1 N–H and O–H groups in total. The summed E-state index contributed by atoms with van der Waals surface area (Å²) in [7, 11) is 0. The van der Waals surface area contributed by atoms with Crippen LogP contribution in [0.5, 0.6) is 0 Å². The maximum Gasteiger partial charge on any atom is 0.0445 e. The fourth-order valence-corrected chi connectivity index (χ4v) is 2.94. The van der Waals surface area contributed by atoms with E-state index in [1.54, 1.807) is 0 Å². The smallest absolute Gasteiger partial charge is 0.0445 e. The van der Waals surface area contributed by atoms with E-state index in [0.717, 1.165) is 32.4 Å². The Morgan fingerprint density at radius 3 is 1.73 bits per heavy atom. The van der Waals surface area contributed by atoms with Gasteiger partial charge in [-0.1, -0.05) is 74.0 Å². The maximum absolute atomic E-state index is 9.42. The molecule has 0 spiro atoms. The zero-order valence-electron chi connectivity index (χ0n) is 13.5. The van der Waals surface area contributed by atoms with Crippen molar-refractivity contribution >= 4 is 0 Å². The van der Waals surface area contributed by atoms with Crippen molar-refractivity contribution in [3.63, 3.8) is 0 Å². The highest BCUT2D eigenvalue weighted by atomic mass is 16.3. The molecule has 0 amide bonds. The number of hydrogen-bond donors (Lipinski definition) is 1. The Bertz CT molecular complexity index is 464. The second kappa shape index (κ2) is 9.39. The molecule has 0 aromatic heterocycles. The number of nitrogens with zero attached hydrogens (tertiary/aromatic N) is 1. The van der Waals surface area contributed by atoms with E-state index in [2.05, 4.69) is 72.5 Å². The number of aliphatic hydroxyl groups excluding tert-OH is 1. The van der Waals surface area contributed by atoms with E-state index in [1.165, 1.54) is 11.1 Å². The van der Waals surface area contributed by atoms with Gasteiger partial charge in [0.15, 0.2) is 0 Å². The predicted molar refractivity (Wildman–Crippen MR) is 92.5 cm³/mol. The Kier molecular flexibility index (Phi) is 7.14. The molecular weight excluding hydrogens is 270 g/mol. The van der Waals surface area contributed by atoms with Crippen LogP contribution in [-0.4, -0.2) is 22.7 Å². The fourth-order valence-electron chi connectivity index (χ4n) is 2.94. The summed E-state index contributed by atoms with van der Waals surface area (Å²) in [5.74, 6) is 0. The van der Waals surface area contributed by atoms with Crippen molar-refractivity contribution in [2.24, 2.45) is 0 Å². The van der Waals surface area contributed by atoms with Gasteiger partial charge in [0.1, 0.15) is 0 Å². The Labute approximate surface area is 134 Å². The van der Waals surface area contributed by atoms with E-state index < -0.39 is 0 Å². The fraction of sp³-hybridized carbons (Fsp3) is 0.400. The van der Waals surface area contributed by atoms with Crippen molar-refractivity contribution < 1.29 is 5.11 Å². The van der Waals surface area contributed by atoms with Gasteiger partial charge in [-0.25, -0.2) is 0 Å². The number of aliphatic hydroxyl groups is 1. The summed E-state index contributed by atoms with van der Waals surface area (Å²) in [6.07, 6.45) is 3.11. The van der Waals surface area contributed by atoms with Gasteiger partial charge in [0.2, 0.25) is 0 Å². The van der Waals surface area contributed by atoms with Gasteiger partial charge in [-0.3, -0.25) is 4.90 Å². The van der Waals surface area contributed by atoms with Gasteiger partial charge in [0.05, 0.1) is 0 Å². The van der Waals surface area contributed by atoms with Gasteiger partial charge in [0.25, 0.3) is 0 Å². The van der Waals surface area contributed by atoms with Crippen molar-refractivity contribution in [3.8, 4) is 0 Å². The first-order valence-electron chi connectivity index (χ1n) is 8.26. The Hall–Kier alpha value is -1.64. The van der Waals surface area contributed by atoms with Crippen molar-refractivity contribution in [2.45, 2.75) is 45.3 Å². The molecule has 0 saturated heterocycles. The SMILES string of the molecule is CCC[C@@H](CCO)N(Cc1ccccc1)Cc1ccccc1. The second-order valence-corrected chi connectivity index (χ2v) is 5.83. The normalized spacial score (nSPS) is 12.5. The van der Waals surface area contributed by atoms with Crippen LogP contribution in [0.25, 0.3) is 0 Å². The van der Waals surface area contributed by atoms with Gasteiger partial charge in [-0.05, 0) is 24.0 Å². The summed E-state index contributed by atoms with van der Waals surface area (Å²) in [6.45, 7) is 4.33. The van der Waals surface area contributed by atoms with Crippen LogP contribution in [0, 0.1) is 0 Å². The lowest BCUT2D eigenvalue weighted by Gasteiger charge is -2.31. The summed E-state index contributed by atoms with van der Waals surface area (Å²) in [5.41, 5.74) is 2.66. The number of benzene rings is 2. The molecule has 118 valence electrons. The molecule has 2 rings (SSSR count). The first-order chi connectivity index (χ1) is 10.8. The average molecular weight is 297 g/mol. The summed E-state index contributed by atoms with van der Waals surface area (Å²) in [6, 6.07) is 21.6. The molecule has 0 aliphatic carbocycles. The zero-order valence-corrected chi connectivity index (χ0v) is 13.5. The molecule has 2 nitrogen and oxygen atoms in total. The lowest BCUT2D eigenvalue weighted by molar-refractivity contribution is 0.134. The Morgan fingerprint density at radius 1 is 0.818 bits per heavy atom. The molecule has 1 atom stereocenters. The molecule has 0 saturated carbocycles. The van der Waals surface area contributed by atoms with Gasteiger partial charge in [-0.15, -0.1) is 0 Å². The first kappa shape index (κ1) is 16.7. The van der Waals surface area contributed by atoms with Gasteiger partial charge in [0, 0.05) is 25.7 Å². The molecular formula is C20H27NO. The summed E-state index contributed by atoms with van der Waals surface area (Å²) in [4.78, 5) is 2.50. The molecule has 0 radical (unpaired) electrons. The van der Waals surface area contributed by atoms with E-state index in [4.69, 9.17) is 0 Å². The highest BCUT2D eigenvalue weighted by molar-refractivity contribution is 5.17. The topological polar surface area (TPSA) is 23.5 Å². The van der Waals surface area contributed by atoms with E-state index in [1.807, 2.05) is 0 Å². The van der Waals surface area contributed by atoms with Crippen LogP contribution in [0.2, 0.25) is 0 Å². The van der Waals surface area contributed by atoms with Crippen LogP contribution in [0.4, 0.5) is 0 Å². The second-order valence-electron chi connectivity index (χ2n) is 5.83. The monoisotopic (exact) mass is 297 g/mol. The van der Waals surface area contributed by atoms with Crippen LogP contribution in [0.1, 0.15) is 37.3 Å². The van der Waals surface area contributed by atoms with Crippen LogP contribution in [-0.2, 0) is 13.1 Å². The van der Waals surface area contributed by atoms with Crippen molar-refractivity contribution in [3.05, 3.63) is 71.8 Å². The summed E-state index contributed by atoms with van der Waals surface area (Å²) < 4.78 is 0. The van der Waals surface area contributed by atoms with Gasteiger partial charge in [-0.2, -0.15) is 0 Å². The van der Waals surface area contributed by atoms with Crippen LogP contribution in [0.15, 0.2) is 60.7 Å². The number of hydrogen-bond acceptors (Lipinski definition) is 2. The van der Waals surface area contributed by atoms with E-state index >= 15 is 0 Å². The lowest BCUT2D eigenvalue weighted by Crippen LogP contribution is -2.35. The molecule has 0 heterocycles. The molecule has 2 aromatic carbocycles. The van der Waals surface area contributed by atoms with E-state index in [-0.39, 0.29) is 6.61 Å². The largest absolute Gasteiger partial charge is 0.396 e. The zero-order chi connectivity index (χ0) is 15.6. The highest BCUT2D eigenvalue weighted by Crippen LogP contribution is 2.18. The third-order valence-electron chi connectivity index (χ3n) is 4.06. The van der Waals surface area contributed by atoms with Crippen LogP contribution in [0.3, 0.4) is 0 Å². The predicted octanol–water partition coefficient (Wildman–Crippen LogP) is 4.24. The first-order valence-corrected chi connectivity index (χ1v) is 8.26. The van der Waals surface area contributed by atoms with E-state index in [0.29, 0.717) is 6.04 Å². The lowest BCUT2D eigenvalue weighted by atomic mass is 10.0. The molecule has 0 bridgehead atoms. The third kappa shape index (κ3) is 5.28. The van der Waals surface area contributed by atoms with Gasteiger partial charge >= 0.3 is 0 Å². The standard InChI is InChI=1S/C20H27NO/c1-2-9-20(14-15-22)21(16-18-10-5-3-6-11-18)17-19-12-7-4-8-13-19/h3-8,10-13,20,22H,2,9,14-17H2,1H3/t20-/m0/s1. The molecule has 0 fully saturated rings. The van der Waals surface area contributed by atoms with Gasteiger partial charge < -0.3 is 5.11 Å². The highest BCUT2D eigenvalue weighted by Gasteiger charge is 2.18. The third-order valence-corrected chi connectivity index (χ3v) is 4.06. The molecule has 0 aliphatic rings. The van der Waals surface area contributed by atoms with Crippen LogP contribution >= 0.6 is 0 Å². The minimum Gasteiger partial charge on any atom is -0.396 e. The summed E-state index contributed by atoms with van der Waals surface area (Å²) in [5, 5.41) is 9.42. The summed E-state index contributed by atoms with van der Waals surface area (Å²) >= 11 is 0. The minimum absolute atomic E-state index is 0.255. The molecule has 0 aliphatic heterocycles. The molecule has 0 unspecified atom stereocenters. The number of rotatable bonds is 9. The average Bonchev–Trinajstić information content (AvgIpc) is 2.56. The Balaban J connectivity index is 2.14.